The summed E-state index contributed by atoms with van der Waals surface area (Å²) in [6, 6.07) is 54.9. The Morgan fingerprint density at radius 3 is 1.45 bits per heavy atom. The van der Waals surface area contributed by atoms with E-state index in [4.69, 9.17) is 4.42 Å². The highest BCUT2D eigenvalue weighted by molar-refractivity contribution is 7.80. The summed E-state index contributed by atoms with van der Waals surface area (Å²) >= 11 is 0. The first-order chi connectivity index (χ1) is 19.9. The zero-order valence-electron chi connectivity index (χ0n) is 21.8. The van der Waals surface area contributed by atoms with Gasteiger partial charge in [-0.1, -0.05) is 133 Å². The fourth-order valence-corrected chi connectivity index (χ4v) is 8.73. The molecule has 0 saturated heterocycles. The van der Waals surface area contributed by atoms with Gasteiger partial charge in [-0.2, -0.15) is 0 Å². The summed E-state index contributed by atoms with van der Waals surface area (Å²) in [5.74, 6) is 0. The SMILES string of the molecule is c1ccc(P(c2ccccc2)c2c3ccccc3c(-c3ccc4oc5ccccc5c4c3)c3ccccc23)cc1. The highest BCUT2D eigenvalue weighted by Crippen LogP contribution is 2.44. The molecule has 0 aliphatic heterocycles. The van der Waals surface area contributed by atoms with Crippen LogP contribution in [0.1, 0.15) is 0 Å². The minimum atomic E-state index is -0.786. The van der Waals surface area contributed by atoms with Gasteiger partial charge in [0.05, 0.1) is 0 Å². The van der Waals surface area contributed by atoms with Crippen molar-refractivity contribution in [2.45, 2.75) is 0 Å². The second-order valence-corrected chi connectivity index (χ2v) is 12.3. The molecule has 1 nitrogen and oxygen atoms in total. The van der Waals surface area contributed by atoms with Crippen LogP contribution in [-0.4, -0.2) is 0 Å². The molecule has 0 aliphatic carbocycles. The molecule has 0 amide bonds. The lowest BCUT2D eigenvalue weighted by Gasteiger charge is -2.25. The summed E-state index contributed by atoms with van der Waals surface area (Å²) in [4.78, 5) is 0. The molecule has 8 rings (SSSR count). The summed E-state index contributed by atoms with van der Waals surface area (Å²) in [6.45, 7) is 0. The monoisotopic (exact) mass is 528 g/mol. The summed E-state index contributed by atoms with van der Waals surface area (Å²) in [6.07, 6.45) is 0. The average molecular weight is 529 g/mol. The Morgan fingerprint density at radius 1 is 0.375 bits per heavy atom. The molecule has 0 N–H and O–H groups in total. The molecule has 1 heterocycles. The minimum absolute atomic E-state index is 0.786. The van der Waals surface area contributed by atoms with E-state index < -0.39 is 7.92 Å². The Bertz CT molecular complexity index is 2060. The second kappa shape index (κ2) is 9.49. The Morgan fingerprint density at radius 2 is 0.850 bits per heavy atom. The van der Waals surface area contributed by atoms with Gasteiger partial charge >= 0.3 is 0 Å². The molecule has 2 heteroatoms. The molecule has 8 aromatic rings. The molecule has 188 valence electrons. The maximum absolute atomic E-state index is 6.17. The van der Waals surface area contributed by atoms with Crippen molar-refractivity contribution in [2.75, 3.05) is 0 Å². The standard InChI is InChI=1S/C38H25OP/c1-3-13-27(14-4-1)40(28-15-5-2-6-16-28)38-32-20-9-7-18-30(32)37(31-19-8-10-21-33(31)38)26-23-24-36-34(25-26)29-17-11-12-22-35(29)39-36/h1-25H. The van der Waals surface area contributed by atoms with E-state index in [1.165, 1.54) is 48.6 Å². The number of para-hydroxylation sites is 1. The van der Waals surface area contributed by atoms with Crippen LogP contribution in [0.25, 0.3) is 54.6 Å². The average Bonchev–Trinajstić information content (AvgIpc) is 3.40. The largest absolute Gasteiger partial charge is 0.456 e. The van der Waals surface area contributed by atoms with Gasteiger partial charge in [0, 0.05) is 16.1 Å². The molecule has 0 atom stereocenters. The van der Waals surface area contributed by atoms with Crippen LogP contribution in [0.4, 0.5) is 0 Å². The summed E-state index contributed by atoms with van der Waals surface area (Å²) in [7, 11) is -0.786. The third-order valence-corrected chi connectivity index (χ3v) is 10.4. The molecular weight excluding hydrogens is 503 g/mol. The lowest BCUT2D eigenvalue weighted by molar-refractivity contribution is 0.669. The van der Waals surface area contributed by atoms with Crippen molar-refractivity contribution in [3.63, 3.8) is 0 Å². The lowest BCUT2D eigenvalue weighted by Crippen LogP contribution is -2.22. The predicted octanol–water partition coefficient (Wildman–Crippen LogP) is 9.32. The Balaban J connectivity index is 1.49. The molecule has 1 aromatic heterocycles. The molecule has 0 radical (unpaired) electrons. The van der Waals surface area contributed by atoms with E-state index in [1.807, 2.05) is 12.1 Å². The summed E-state index contributed by atoms with van der Waals surface area (Å²) < 4.78 is 6.17. The zero-order chi connectivity index (χ0) is 26.5. The van der Waals surface area contributed by atoms with E-state index in [-0.39, 0.29) is 0 Å². The quantitative estimate of drug-likeness (QED) is 0.164. The highest BCUT2D eigenvalue weighted by Gasteiger charge is 2.24. The van der Waals surface area contributed by atoms with E-state index in [0.717, 1.165) is 21.9 Å². The zero-order valence-corrected chi connectivity index (χ0v) is 22.7. The van der Waals surface area contributed by atoms with E-state index in [2.05, 4.69) is 140 Å². The first kappa shape index (κ1) is 23.2. The van der Waals surface area contributed by atoms with Crippen LogP contribution >= 0.6 is 7.92 Å². The van der Waals surface area contributed by atoms with Crippen LogP contribution in [-0.2, 0) is 0 Å². The fourth-order valence-electron chi connectivity index (χ4n) is 6.10. The number of benzene rings is 7. The van der Waals surface area contributed by atoms with Crippen molar-refractivity contribution < 1.29 is 4.42 Å². The van der Waals surface area contributed by atoms with Crippen molar-refractivity contribution in [3.8, 4) is 11.1 Å². The summed E-state index contributed by atoms with van der Waals surface area (Å²) in [5.41, 5.74) is 4.34. The van der Waals surface area contributed by atoms with Crippen LogP contribution in [0.2, 0.25) is 0 Å². The first-order valence-electron chi connectivity index (χ1n) is 13.6. The number of furan rings is 1. The molecule has 7 aromatic carbocycles. The minimum Gasteiger partial charge on any atom is -0.456 e. The first-order valence-corrected chi connectivity index (χ1v) is 15.0. The number of hydrogen-bond acceptors (Lipinski definition) is 1. The second-order valence-electron chi connectivity index (χ2n) is 10.1. The number of fused-ring (bicyclic) bond motifs is 5. The molecule has 0 saturated carbocycles. The van der Waals surface area contributed by atoms with Crippen molar-refractivity contribution >= 4 is 67.3 Å². The Hall–Kier alpha value is -4.71. The molecule has 0 spiro atoms. The third-order valence-electron chi connectivity index (χ3n) is 7.82. The highest BCUT2D eigenvalue weighted by atomic mass is 31.1. The Labute approximate surface area is 234 Å². The molecule has 0 unspecified atom stereocenters. The third kappa shape index (κ3) is 3.67. The van der Waals surface area contributed by atoms with Gasteiger partial charge in [-0.15, -0.1) is 0 Å². The van der Waals surface area contributed by atoms with E-state index >= 15 is 0 Å². The molecular formula is C38H25OP. The van der Waals surface area contributed by atoms with Gasteiger partial charge in [-0.3, -0.25) is 0 Å². The molecule has 0 bridgehead atoms. The van der Waals surface area contributed by atoms with Crippen molar-refractivity contribution in [1.82, 2.24) is 0 Å². The van der Waals surface area contributed by atoms with Gasteiger partial charge in [-0.25, -0.2) is 0 Å². The fraction of sp³-hybridized carbons (Fsp3) is 0. The van der Waals surface area contributed by atoms with Gasteiger partial charge in [0.1, 0.15) is 11.2 Å². The van der Waals surface area contributed by atoms with E-state index in [0.29, 0.717) is 0 Å². The molecule has 0 aliphatic rings. The maximum atomic E-state index is 6.17. The van der Waals surface area contributed by atoms with Crippen molar-refractivity contribution in [3.05, 3.63) is 152 Å². The van der Waals surface area contributed by atoms with E-state index in [9.17, 15) is 0 Å². The van der Waals surface area contributed by atoms with Gasteiger partial charge in [0.2, 0.25) is 0 Å². The van der Waals surface area contributed by atoms with Crippen LogP contribution in [0.5, 0.6) is 0 Å². The smallest absolute Gasteiger partial charge is 0.135 e. The Kier molecular flexibility index (Phi) is 5.50. The topological polar surface area (TPSA) is 13.1 Å². The van der Waals surface area contributed by atoms with Gasteiger partial charge in [0.15, 0.2) is 0 Å². The van der Waals surface area contributed by atoms with Gasteiger partial charge in [-0.05, 0) is 69.4 Å². The molecule has 0 fully saturated rings. The van der Waals surface area contributed by atoms with E-state index in [1.54, 1.807) is 0 Å². The predicted molar refractivity (Wildman–Crippen MR) is 173 cm³/mol. The van der Waals surface area contributed by atoms with Crippen molar-refractivity contribution in [2.24, 2.45) is 0 Å². The number of hydrogen-bond donors (Lipinski definition) is 0. The number of rotatable bonds is 4. The lowest BCUT2D eigenvalue weighted by atomic mass is 9.91. The van der Waals surface area contributed by atoms with Crippen LogP contribution < -0.4 is 15.9 Å². The maximum Gasteiger partial charge on any atom is 0.135 e. The van der Waals surface area contributed by atoms with Crippen LogP contribution in [0.15, 0.2) is 156 Å². The van der Waals surface area contributed by atoms with Crippen LogP contribution in [0, 0.1) is 0 Å². The summed E-state index contributed by atoms with van der Waals surface area (Å²) in [5, 5.41) is 11.6. The molecule has 40 heavy (non-hydrogen) atoms. The van der Waals surface area contributed by atoms with Gasteiger partial charge < -0.3 is 4.42 Å². The normalized spacial score (nSPS) is 11.7. The van der Waals surface area contributed by atoms with Gasteiger partial charge in [0.25, 0.3) is 0 Å². The van der Waals surface area contributed by atoms with Crippen molar-refractivity contribution in [1.29, 1.82) is 0 Å². The van der Waals surface area contributed by atoms with Crippen LogP contribution in [0.3, 0.4) is 0 Å².